The van der Waals surface area contributed by atoms with E-state index in [1.54, 1.807) is 0 Å². The smallest absolute Gasteiger partial charge is 0.286 e. The van der Waals surface area contributed by atoms with E-state index in [9.17, 15) is 9.59 Å². The number of nitrogens with one attached hydrogen (secondary N) is 1. The average Bonchev–Trinajstić information content (AvgIpc) is 2.99. The summed E-state index contributed by atoms with van der Waals surface area (Å²) in [6.45, 7) is 0. The molecule has 0 aliphatic carbocycles. The molecule has 0 saturated carbocycles. The first-order valence-electron chi connectivity index (χ1n) is 5.88. The summed E-state index contributed by atoms with van der Waals surface area (Å²) in [5, 5.41) is 1.60. The molecule has 0 radical (unpaired) electrons. The summed E-state index contributed by atoms with van der Waals surface area (Å²) >= 11 is 1.01. The lowest BCUT2D eigenvalue weighted by atomic mass is 10.2. The van der Waals surface area contributed by atoms with E-state index in [1.807, 2.05) is 42.5 Å². The first kappa shape index (κ1) is 12.0. The number of furan rings is 1. The molecule has 1 aromatic heterocycles. The SMILES string of the molecule is O=C1NC(=O)C(Cc2ccc(-c3ccccc3)o2)S1. The van der Waals surface area contributed by atoms with E-state index in [1.165, 1.54) is 0 Å². The van der Waals surface area contributed by atoms with Crippen molar-refractivity contribution < 1.29 is 14.0 Å². The molecule has 1 aromatic carbocycles. The highest BCUT2D eigenvalue weighted by atomic mass is 32.2. The number of hydrogen-bond acceptors (Lipinski definition) is 4. The van der Waals surface area contributed by atoms with E-state index in [0.29, 0.717) is 12.2 Å². The van der Waals surface area contributed by atoms with Crippen LogP contribution in [0.5, 0.6) is 0 Å². The molecular weight excluding hydrogens is 262 g/mol. The third-order valence-corrected chi connectivity index (χ3v) is 3.85. The van der Waals surface area contributed by atoms with Crippen molar-refractivity contribution in [1.82, 2.24) is 5.32 Å². The van der Waals surface area contributed by atoms with Crippen molar-refractivity contribution in [2.24, 2.45) is 0 Å². The van der Waals surface area contributed by atoms with Crippen molar-refractivity contribution in [1.29, 1.82) is 0 Å². The minimum Gasteiger partial charge on any atom is -0.461 e. The number of carbonyl (C=O) groups is 2. The molecule has 2 amide bonds. The quantitative estimate of drug-likeness (QED) is 0.934. The van der Waals surface area contributed by atoms with Crippen LogP contribution in [0.3, 0.4) is 0 Å². The molecule has 2 aromatic rings. The van der Waals surface area contributed by atoms with Crippen LogP contribution in [-0.4, -0.2) is 16.4 Å². The van der Waals surface area contributed by atoms with E-state index in [0.717, 1.165) is 23.1 Å². The summed E-state index contributed by atoms with van der Waals surface area (Å²) in [5.74, 6) is 1.24. The molecule has 1 aliphatic rings. The Morgan fingerprint density at radius 3 is 2.58 bits per heavy atom. The number of benzene rings is 1. The Balaban J connectivity index is 1.75. The Bertz CT molecular complexity index is 621. The molecule has 96 valence electrons. The van der Waals surface area contributed by atoms with Crippen molar-refractivity contribution in [2.45, 2.75) is 11.7 Å². The molecule has 1 N–H and O–H groups in total. The molecule has 2 heterocycles. The molecule has 5 heteroatoms. The molecule has 0 bridgehead atoms. The maximum atomic E-state index is 11.5. The summed E-state index contributed by atoms with van der Waals surface area (Å²) in [5.41, 5.74) is 0.994. The van der Waals surface area contributed by atoms with Gasteiger partial charge in [-0.05, 0) is 12.1 Å². The molecule has 0 spiro atoms. The molecule has 4 nitrogen and oxygen atoms in total. The van der Waals surface area contributed by atoms with Crippen LogP contribution in [0.2, 0.25) is 0 Å². The molecule has 1 fully saturated rings. The molecule has 1 unspecified atom stereocenters. The second-order valence-electron chi connectivity index (χ2n) is 4.22. The lowest BCUT2D eigenvalue weighted by Crippen LogP contribution is -2.25. The Morgan fingerprint density at radius 2 is 1.89 bits per heavy atom. The van der Waals surface area contributed by atoms with Gasteiger partial charge in [-0.2, -0.15) is 0 Å². The Morgan fingerprint density at radius 1 is 1.11 bits per heavy atom. The van der Waals surface area contributed by atoms with Gasteiger partial charge in [-0.25, -0.2) is 0 Å². The van der Waals surface area contributed by atoms with Crippen LogP contribution in [-0.2, 0) is 11.2 Å². The van der Waals surface area contributed by atoms with Gasteiger partial charge in [0.1, 0.15) is 16.8 Å². The average molecular weight is 273 g/mol. The fraction of sp³-hybridized carbons (Fsp3) is 0.143. The Labute approximate surface area is 114 Å². The fourth-order valence-corrected chi connectivity index (χ4v) is 2.79. The Kier molecular flexibility index (Phi) is 3.13. The highest BCUT2D eigenvalue weighted by molar-refractivity contribution is 8.15. The van der Waals surface area contributed by atoms with Crippen molar-refractivity contribution in [3.63, 3.8) is 0 Å². The van der Waals surface area contributed by atoms with Gasteiger partial charge >= 0.3 is 0 Å². The largest absolute Gasteiger partial charge is 0.461 e. The lowest BCUT2D eigenvalue weighted by molar-refractivity contribution is -0.119. The van der Waals surface area contributed by atoms with Crippen LogP contribution in [0.15, 0.2) is 46.9 Å². The van der Waals surface area contributed by atoms with E-state index < -0.39 is 0 Å². The standard InChI is InChI=1S/C14H11NO3S/c16-13-12(19-14(17)15-13)8-10-6-7-11(18-10)9-4-2-1-3-5-9/h1-7,12H,8H2,(H,15,16,17). The molecular formula is C14H11NO3S. The number of imide groups is 1. The van der Waals surface area contributed by atoms with Crippen LogP contribution in [0.1, 0.15) is 5.76 Å². The number of carbonyl (C=O) groups excluding carboxylic acids is 2. The van der Waals surface area contributed by atoms with Crippen molar-refractivity contribution in [3.05, 3.63) is 48.2 Å². The third kappa shape index (κ3) is 2.56. The summed E-state index contributed by atoms with van der Waals surface area (Å²) < 4.78 is 5.71. The predicted molar refractivity (Wildman–Crippen MR) is 72.8 cm³/mol. The van der Waals surface area contributed by atoms with Gasteiger partial charge in [-0.1, -0.05) is 42.1 Å². The third-order valence-electron chi connectivity index (χ3n) is 2.87. The van der Waals surface area contributed by atoms with E-state index in [-0.39, 0.29) is 16.4 Å². The second kappa shape index (κ2) is 4.93. The zero-order valence-corrected chi connectivity index (χ0v) is 10.8. The van der Waals surface area contributed by atoms with Gasteiger partial charge in [0.05, 0.1) is 0 Å². The van der Waals surface area contributed by atoms with Gasteiger partial charge in [0, 0.05) is 12.0 Å². The maximum Gasteiger partial charge on any atom is 0.286 e. The molecule has 3 rings (SSSR count). The second-order valence-corrected chi connectivity index (χ2v) is 5.39. The van der Waals surface area contributed by atoms with E-state index >= 15 is 0 Å². The van der Waals surface area contributed by atoms with Crippen LogP contribution in [0.4, 0.5) is 4.79 Å². The molecule has 19 heavy (non-hydrogen) atoms. The topological polar surface area (TPSA) is 59.3 Å². The van der Waals surface area contributed by atoms with Gasteiger partial charge in [-0.3, -0.25) is 14.9 Å². The normalized spacial score (nSPS) is 18.6. The Hall–Kier alpha value is -2.01. The molecule has 1 atom stereocenters. The van der Waals surface area contributed by atoms with Gasteiger partial charge in [0.15, 0.2) is 0 Å². The first-order valence-corrected chi connectivity index (χ1v) is 6.76. The number of rotatable bonds is 3. The van der Waals surface area contributed by atoms with E-state index in [2.05, 4.69) is 5.32 Å². The lowest BCUT2D eigenvalue weighted by Gasteiger charge is -2.01. The minimum atomic E-state index is -0.387. The summed E-state index contributed by atoms with van der Waals surface area (Å²) in [6.07, 6.45) is 0.426. The molecule has 1 saturated heterocycles. The van der Waals surface area contributed by atoms with Crippen LogP contribution in [0, 0.1) is 0 Å². The van der Waals surface area contributed by atoms with Gasteiger partial charge in [-0.15, -0.1) is 0 Å². The van der Waals surface area contributed by atoms with Crippen molar-refractivity contribution in [2.75, 3.05) is 0 Å². The zero-order chi connectivity index (χ0) is 13.2. The monoisotopic (exact) mass is 273 g/mol. The number of thioether (sulfide) groups is 1. The number of hydrogen-bond donors (Lipinski definition) is 1. The highest BCUT2D eigenvalue weighted by Crippen LogP contribution is 2.26. The van der Waals surface area contributed by atoms with Gasteiger partial charge < -0.3 is 4.42 Å². The van der Waals surface area contributed by atoms with Crippen LogP contribution >= 0.6 is 11.8 Å². The fourth-order valence-electron chi connectivity index (χ4n) is 1.96. The molecule has 1 aliphatic heterocycles. The van der Waals surface area contributed by atoms with Crippen molar-refractivity contribution >= 4 is 22.9 Å². The van der Waals surface area contributed by atoms with E-state index in [4.69, 9.17) is 4.42 Å². The summed E-state index contributed by atoms with van der Waals surface area (Å²) in [6, 6.07) is 13.5. The van der Waals surface area contributed by atoms with Crippen LogP contribution in [0.25, 0.3) is 11.3 Å². The zero-order valence-electron chi connectivity index (χ0n) is 9.96. The van der Waals surface area contributed by atoms with Crippen molar-refractivity contribution in [3.8, 4) is 11.3 Å². The van der Waals surface area contributed by atoms with Gasteiger partial charge in [0.25, 0.3) is 5.24 Å². The van der Waals surface area contributed by atoms with Gasteiger partial charge in [0.2, 0.25) is 5.91 Å². The van der Waals surface area contributed by atoms with Crippen LogP contribution < -0.4 is 5.32 Å². The maximum absolute atomic E-state index is 11.5. The summed E-state index contributed by atoms with van der Waals surface area (Å²) in [4.78, 5) is 22.6. The number of amides is 2. The highest BCUT2D eigenvalue weighted by Gasteiger charge is 2.32. The predicted octanol–water partition coefficient (Wildman–Crippen LogP) is 2.84. The minimum absolute atomic E-state index is 0.243. The summed E-state index contributed by atoms with van der Waals surface area (Å²) in [7, 11) is 0. The first-order chi connectivity index (χ1) is 9.22.